The van der Waals surface area contributed by atoms with E-state index in [9.17, 15) is 29.4 Å². The summed E-state index contributed by atoms with van der Waals surface area (Å²) < 4.78 is 9.72. The van der Waals surface area contributed by atoms with Crippen molar-refractivity contribution in [3.05, 3.63) is 334 Å². The van der Waals surface area contributed by atoms with Gasteiger partial charge in [0.05, 0.1) is 37.0 Å². The van der Waals surface area contributed by atoms with Crippen molar-refractivity contribution in [3.8, 4) is 0 Å². The predicted octanol–water partition coefficient (Wildman–Crippen LogP) is 11.9. The third-order valence-electron chi connectivity index (χ3n) is 15.3. The molecule has 0 spiro atoms. The molecule has 4 heterocycles. The molecule has 10 aromatic rings. The smallest absolute Gasteiger partial charge is 0.356 e. The first kappa shape index (κ1) is 71.4. The van der Waals surface area contributed by atoms with Crippen molar-refractivity contribution < 1.29 is 38.9 Å². The Morgan fingerprint density at radius 1 is 0.302 bits per heavy atom. The quantitative estimate of drug-likeness (QED) is 0.0222. The Hall–Kier alpha value is -10.4. The van der Waals surface area contributed by atoms with E-state index in [0.717, 1.165) is 74.9 Å². The van der Waals surface area contributed by atoms with Crippen molar-refractivity contribution in [2.75, 3.05) is 53.5 Å². The summed E-state index contributed by atoms with van der Waals surface area (Å²) in [7, 11) is 2.71. The number of methoxy groups -OCH3 is 2. The minimum Gasteiger partial charge on any atom is -0.477 e. The summed E-state index contributed by atoms with van der Waals surface area (Å²) in [6.07, 6.45) is 0. The average Bonchev–Trinajstić information content (AvgIpc) is 1.20. The largest absolute Gasteiger partial charge is 0.477 e. The third-order valence-corrected chi connectivity index (χ3v) is 15.3. The molecule has 0 aliphatic carbocycles. The topological polar surface area (TPSA) is 216 Å². The fraction of sp³-hybridized carbons (Fsp3) is 0.231. The highest BCUT2D eigenvalue weighted by Gasteiger charge is 2.19. The van der Waals surface area contributed by atoms with E-state index in [0.29, 0.717) is 75.1 Å². The normalized spacial score (nSPS) is 10.9. The van der Waals surface area contributed by atoms with E-state index in [1.165, 1.54) is 48.6 Å². The summed E-state index contributed by atoms with van der Waals surface area (Å²) in [5.74, 6) is -3.00. The van der Waals surface area contributed by atoms with Gasteiger partial charge in [-0.1, -0.05) is 206 Å². The molecule has 0 fully saturated rings. The van der Waals surface area contributed by atoms with Gasteiger partial charge in [0.1, 0.15) is 22.8 Å². The van der Waals surface area contributed by atoms with E-state index in [1.54, 1.807) is 24.3 Å². The Morgan fingerprint density at radius 2 is 0.531 bits per heavy atom. The molecule has 0 aliphatic rings. The monoisotopic (exact) mass is 1290 g/mol. The summed E-state index contributed by atoms with van der Waals surface area (Å²) in [4.78, 5) is 73.8. The van der Waals surface area contributed by atoms with Gasteiger partial charge in [-0.15, -0.1) is 0 Å². The van der Waals surface area contributed by atoms with Gasteiger partial charge >= 0.3 is 23.9 Å². The molecule has 18 nitrogen and oxygen atoms in total. The third kappa shape index (κ3) is 25.8. The van der Waals surface area contributed by atoms with Crippen LogP contribution in [0.15, 0.2) is 255 Å². The van der Waals surface area contributed by atoms with Gasteiger partial charge < -0.3 is 30.3 Å². The molecule has 4 N–H and O–H groups in total. The number of aromatic carboxylic acids is 2. The molecule has 10 rings (SSSR count). The number of nitrogens with one attached hydrogen (secondary N) is 2. The second kappa shape index (κ2) is 40.0. The minimum absolute atomic E-state index is 0.0252. The Balaban J connectivity index is 0.000000197. The van der Waals surface area contributed by atoms with Crippen molar-refractivity contribution in [1.29, 1.82) is 0 Å². The Labute approximate surface area is 562 Å². The Bertz CT molecular complexity index is 3660. The van der Waals surface area contributed by atoms with Gasteiger partial charge in [-0.2, -0.15) is 0 Å². The standard InChI is InChI=1S/C32H34N4O4.C30H30N4O4.C16H20N2/c1-39-31(37)29-17-9-15-27(33-29)23-35(21-25-11-5-3-6-12-25)19-20-36(22-26-13-7-4-8-14-26)24-28-16-10-18-30(34-28)32(38)40-2;35-29(36)27-15-7-13-25(31-27)21-33(19-23-9-3-1-4-10-23)17-18-34(20-24-11-5-2-6-12-24)22-26-14-8-16-28(32-26)30(37)38;1-3-7-15(8-4-1)13-17-11-12-18-14-16-9-5-2-6-10-16/h3-18H,19-24H2,1-2H3;1-16H,17-22H2,(H,35,36)(H,37,38);1-10,17-18H,11-14H2. The highest BCUT2D eigenvalue weighted by molar-refractivity contribution is 5.87. The van der Waals surface area contributed by atoms with Crippen molar-refractivity contribution in [1.82, 2.24) is 50.2 Å². The average molecular weight is 1290 g/mol. The van der Waals surface area contributed by atoms with E-state index in [-0.39, 0.29) is 11.4 Å². The molecule has 0 unspecified atom stereocenters. The molecule has 0 atom stereocenters. The number of pyridine rings is 4. The zero-order chi connectivity index (χ0) is 67.4. The molecule has 18 heteroatoms. The van der Waals surface area contributed by atoms with Crippen LogP contribution in [0.2, 0.25) is 0 Å². The van der Waals surface area contributed by atoms with Crippen LogP contribution in [0.1, 0.15) is 98.1 Å². The highest BCUT2D eigenvalue weighted by Crippen LogP contribution is 2.17. The number of ether oxygens (including phenoxy) is 2. The molecule has 0 amide bonds. The van der Waals surface area contributed by atoms with E-state index in [4.69, 9.17) is 9.47 Å². The van der Waals surface area contributed by atoms with Crippen LogP contribution in [0.25, 0.3) is 0 Å². The van der Waals surface area contributed by atoms with Gasteiger partial charge in [0.2, 0.25) is 0 Å². The number of carboxylic acid groups (broad SMARTS) is 2. The lowest BCUT2D eigenvalue weighted by Crippen LogP contribution is -2.34. The summed E-state index contributed by atoms with van der Waals surface area (Å²) in [6.45, 7) is 11.6. The van der Waals surface area contributed by atoms with Crippen molar-refractivity contribution in [2.45, 2.75) is 65.4 Å². The van der Waals surface area contributed by atoms with Crippen LogP contribution in [0.5, 0.6) is 0 Å². The molecule has 0 radical (unpaired) electrons. The first-order valence-electron chi connectivity index (χ1n) is 32.0. The second-order valence-corrected chi connectivity index (χ2v) is 22.8. The fourth-order valence-corrected chi connectivity index (χ4v) is 10.5. The number of hydrogen-bond acceptors (Lipinski definition) is 16. The maximum Gasteiger partial charge on any atom is 0.356 e. The predicted molar refractivity (Wildman–Crippen MR) is 372 cm³/mol. The maximum absolute atomic E-state index is 12.1. The second-order valence-electron chi connectivity index (χ2n) is 22.8. The Morgan fingerprint density at radius 3 is 0.771 bits per heavy atom. The van der Waals surface area contributed by atoms with E-state index >= 15 is 0 Å². The van der Waals surface area contributed by atoms with Gasteiger partial charge in [0, 0.05) is 105 Å². The van der Waals surface area contributed by atoms with E-state index < -0.39 is 23.9 Å². The van der Waals surface area contributed by atoms with Crippen molar-refractivity contribution in [2.24, 2.45) is 0 Å². The van der Waals surface area contributed by atoms with Gasteiger partial charge in [-0.3, -0.25) is 19.6 Å². The lowest BCUT2D eigenvalue weighted by molar-refractivity contribution is 0.0584. The Kier molecular flexibility index (Phi) is 29.7. The molecule has 0 saturated heterocycles. The molecule has 0 bridgehead atoms. The SMILES string of the molecule is COC(=O)c1cccc(CN(CCN(Cc2ccccc2)Cc2cccc(C(=O)OC)n2)Cc2ccccc2)n1.O=C(O)c1cccc(CN(CCN(Cc2ccccc2)Cc2cccc(C(=O)O)n2)Cc2ccccc2)n1.c1ccc(CNCCNCc2ccccc2)cc1. The number of nitrogens with zero attached hydrogens (tertiary/aromatic N) is 8. The molecular formula is C78H84N10O8. The van der Waals surface area contributed by atoms with Crippen LogP contribution in [0, 0.1) is 0 Å². The van der Waals surface area contributed by atoms with Gasteiger partial charge in [-0.25, -0.2) is 39.1 Å². The zero-order valence-electron chi connectivity index (χ0n) is 54.5. The van der Waals surface area contributed by atoms with Crippen LogP contribution in [0.3, 0.4) is 0 Å². The summed E-state index contributed by atoms with van der Waals surface area (Å²) in [6, 6.07) is 82.7. The lowest BCUT2D eigenvalue weighted by Gasteiger charge is -2.28. The van der Waals surface area contributed by atoms with Crippen LogP contribution >= 0.6 is 0 Å². The van der Waals surface area contributed by atoms with Gasteiger partial charge in [0.25, 0.3) is 0 Å². The molecule has 6 aromatic carbocycles. The number of benzene rings is 6. The van der Waals surface area contributed by atoms with Crippen LogP contribution in [0.4, 0.5) is 0 Å². The van der Waals surface area contributed by atoms with Gasteiger partial charge in [0.15, 0.2) is 0 Å². The highest BCUT2D eigenvalue weighted by atomic mass is 16.5. The summed E-state index contributed by atoms with van der Waals surface area (Å²) >= 11 is 0. The number of rotatable bonds is 33. The number of hydrogen-bond donors (Lipinski definition) is 4. The lowest BCUT2D eigenvalue weighted by atomic mass is 10.2. The molecule has 494 valence electrons. The first-order chi connectivity index (χ1) is 46.9. The first-order valence-corrected chi connectivity index (χ1v) is 32.0. The summed E-state index contributed by atoms with van der Waals surface area (Å²) in [5.41, 5.74) is 10.9. The van der Waals surface area contributed by atoms with E-state index in [2.05, 4.69) is 147 Å². The minimum atomic E-state index is -1.05. The zero-order valence-corrected chi connectivity index (χ0v) is 54.5. The molecule has 0 saturated carbocycles. The van der Waals surface area contributed by atoms with E-state index in [1.807, 2.05) is 121 Å². The maximum atomic E-state index is 12.1. The van der Waals surface area contributed by atoms with Crippen LogP contribution in [-0.2, 0) is 74.9 Å². The number of carbonyl (C=O) groups excluding carboxylic acids is 2. The molecule has 0 aliphatic heterocycles. The van der Waals surface area contributed by atoms with Gasteiger partial charge in [-0.05, 0) is 81.9 Å². The van der Waals surface area contributed by atoms with Crippen molar-refractivity contribution >= 4 is 23.9 Å². The summed E-state index contributed by atoms with van der Waals surface area (Å²) in [5, 5.41) is 25.6. The molecule has 4 aromatic heterocycles. The van der Waals surface area contributed by atoms with Crippen LogP contribution in [-0.4, -0.2) is 127 Å². The van der Waals surface area contributed by atoms with Crippen LogP contribution < -0.4 is 10.6 Å². The number of carbonyl (C=O) groups is 4. The number of carboxylic acids is 2. The fourth-order valence-electron chi connectivity index (χ4n) is 10.5. The number of esters is 2. The molecule has 96 heavy (non-hydrogen) atoms. The van der Waals surface area contributed by atoms with Crippen molar-refractivity contribution in [3.63, 3.8) is 0 Å². The molecular weight excluding hydrogens is 1200 g/mol. The number of aromatic nitrogens is 4.